The molecular weight excluding hydrogens is 340 g/mol. The molecule has 0 aliphatic carbocycles. The van der Waals surface area contributed by atoms with Crippen molar-refractivity contribution in [2.75, 3.05) is 5.43 Å². The molecule has 8 heteroatoms. The molecule has 1 aromatic heterocycles. The molecule has 7 nitrogen and oxygen atoms in total. The highest BCUT2D eigenvalue weighted by molar-refractivity contribution is 7.14. The Morgan fingerprint density at radius 1 is 1.12 bits per heavy atom. The number of rotatable bonds is 5. The Kier molecular flexibility index (Phi) is 4.71. The molecule has 1 heterocycles. The molecule has 0 saturated carbocycles. The minimum Gasteiger partial charge on any atom is -0.273 e. The molecule has 3 rings (SSSR count). The summed E-state index contributed by atoms with van der Waals surface area (Å²) in [5.74, 6) is -0.401. The van der Waals surface area contributed by atoms with Gasteiger partial charge >= 0.3 is 0 Å². The number of hydrazine groups is 1. The van der Waals surface area contributed by atoms with E-state index in [1.807, 2.05) is 36.6 Å². The monoisotopic (exact) mass is 354 g/mol. The number of carbonyl (C=O) groups is 1. The van der Waals surface area contributed by atoms with E-state index in [2.05, 4.69) is 15.8 Å². The topological polar surface area (TPSA) is 97.2 Å². The highest BCUT2D eigenvalue weighted by atomic mass is 32.1. The van der Waals surface area contributed by atoms with Crippen LogP contribution >= 0.6 is 11.3 Å². The van der Waals surface area contributed by atoms with Gasteiger partial charge in [-0.3, -0.25) is 25.8 Å². The molecule has 0 radical (unpaired) electrons. The Hall–Kier alpha value is -3.26. The van der Waals surface area contributed by atoms with E-state index >= 15 is 0 Å². The number of hydrogen-bond donors (Lipinski definition) is 2. The van der Waals surface area contributed by atoms with Crippen LogP contribution in [0.5, 0.6) is 0 Å². The number of nitro groups is 1. The number of aryl methyl sites for hydroxylation is 1. The number of amides is 1. The molecule has 0 spiro atoms. The van der Waals surface area contributed by atoms with Gasteiger partial charge in [0, 0.05) is 28.6 Å². The first-order valence-electron chi connectivity index (χ1n) is 7.36. The molecule has 0 atom stereocenters. The third kappa shape index (κ3) is 3.99. The zero-order valence-corrected chi connectivity index (χ0v) is 14.0. The van der Waals surface area contributed by atoms with Crippen LogP contribution in [0.2, 0.25) is 0 Å². The van der Waals surface area contributed by atoms with Crippen LogP contribution in [0.4, 0.5) is 10.8 Å². The van der Waals surface area contributed by atoms with Crippen molar-refractivity contribution in [2.45, 2.75) is 6.92 Å². The summed E-state index contributed by atoms with van der Waals surface area (Å²) in [6, 6.07) is 13.4. The van der Waals surface area contributed by atoms with Crippen LogP contribution in [0, 0.1) is 17.0 Å². The van der Waals surface area contributed by atoms with Gasteiger partial charge in [0.1, 0.15) is 0 Å². The predicted molar refractivity (Wildman–Crippen MR) is 96.5 cm³/mol. The number of nitrogens with zero attached hydrogens (tertiary/aromatic N) is 2. The summed E-state index contributed by atoms with van der Waals surface area (Å²) in [5, 5.41) is 13.1. The van der Waals surface area contributed by atoms with Crippen molar-refractivity contribution in [3.05, 3.63) is 75.2 Å². The van der Waals surface area contributed by atoms with E-state index in [0.29, 0.717) is 10.7 Å². The molecule has 2 N–H and O–H groups in total. The van der Waals surface area contributed by atoms with Crippen LogP contribution in [0.3, 0.4) is 0 Å². The maximum atomic E-state index is 12.0. The lowest BCUT2D eigenvalue weighted by Gasteiger charge is -2.05. The fraction of sp³-hybridized carbons (Fsp3) is 0.0588. The summed E-state index contributed by atoms with van der Waals surface area (Å²) in [6.07, 6.45) is 0. The molecule has 3 aromatic rings. The number of nitro benzene ring substituents is 1. The van der Waals surface area contributed by atoms with E-state index in [0.717, 1.165) is 11.3 Å². The Morgan fingerprint density at radius 2 is 1.80 bits per heavy atom. The van der Waals surface area contributed by atoms with E-state index in [1.54, 1.807) is 0 Å². The second kappa shape index (κ2) is 7.10. The van der Waals surface area contributed by atoms with Crippen LogP contribution in [0.25, 0.3) is 11.3 Å². The molecule has 126 valence electrons. The van der Waals surface area contributed by atoms with Crippen LogP contribution in [0.1, 0.15) is 15.9 Å². The van der Waals surface area contributed by atoms with Gasteiger partial charge < -0.3 is 0 Å². The Labute approximate surface area is 147 Å². The highest BCUT2D eigenvalue weighted by Gasteiger charge is 2.10. The lowest BCUT2D eigenvalue weighted by Crippen LogP contribution is -2.29. The van der Waals surface area contributed by atoms with Crippen molar-refractivity contribution in [2.24, 2.45) is 0 Å². The SMILES string of the molecule is Cc1ccc(-c2csc(NNC(=O)c3ccc([N+](=O)[O-])cc3)n2)cc1. The average molecular weight is 354 g/mol. The van der Waals surface area contributed by atoms with Crippen molar-refractivity contribution in [3.63, 3.8) is 0 Å². The number of anilines is 1. The number of benzene rings is 2. The quantitative estimate of drug-likeness (QED) is 0.537. The minimum atomic E-state index is -0.512. The zero-order valence-electron chi connectivity index (χ0n) is 13.2. The second-order valence-electron chi connectivity index (χ2n) is 5.29. The summed E-state index contributed by atoms with van der Waals surface area (Å²) < 4.78 is 0. The van der Waals surface area contributed by atoms with E-state index in [1.165, 1.54) is 41.2 Å². The summed E-state index contributed by atoms with van der Waals surface area (Å²) in [5.41, 5.74) is 8.52. The van der Waals surface area contributed by atoms with Gasteiger partial charge in [-0.05, 0) is 19.1 Å². The molecule has 0 aliphatic rings. The van der Waals surface area contributed by atoms with E-state index in [4.69, 9.17) is 0 Å². The lowest BCUT2D eigenvalue weighted by molar-refractivity contribution is -0.384. The normalized spacial score (nSPS) is 10.3. The molecule has 0 aliphatic heterocycles. The van der Waals surface area contributed by atoms with Crippen molar-refractivity contribution in [3.8, 4) is 11.3 Å². The van der Waals surface area contributed by atoms with Gasteiger partial charge in [0.15, 0.2) is 0 Å². The zero-order chi connectivity index (χ0) is 17.8. The highest BCUT2D eigenvalue weighted by Crippen LogP contribution is 2.24. The van der Waals surface area contributed by atoms with Gasteiger partial charge in [-0.15, -0.1) is 11.3 Å². The fourth-order valence-corrected chi connectivity index (χ4v) is 2.78. The number of aromatic nitrogens is 1. The van der Waals surface area contributed by atoms with Gasteiger partial charge in [-0.2, -0.15) is 0 Å². The molecule has 0 unspecified atom stereocenters. The van der Waals surface area contributed by atoms with Gasteiger partial charge in [0.25, 0.3) is 11.6 Å². The first-order chi connectivity index (χ1) is 12.0. The molecule has 0 saturated heterocycles. The van der Waals surface area contributed by atoms with E-state index < -0.39 is 10.8 Å². The Bertz CT molecular complexity index is 904. The van der Waals surface area contributed by atoms with Crippen LogP contribution < -0.4 is 10.9 Å². The van der Waals surface area contributed by atoms with E-state index in [9.17, 15) is 14.9 Å². The van der Waals surface area contributed by atoms with Crippen molar-refractivity contribution in [1.82, 2.24) is 10.4 Å². The molecular formula is C17H14N4O3S. The van der Waals surface area contributed by atoms with E-state index in [-0.39, 0.29) is 5.69 Å². The van der Waals surface area contributed by atoms with Crippen LogP contribution in [-0.4, -0.2) is 15.8 Å². The number of thiazole rings is 1. The smallest absolute Gasteiger partial charge is 0.269 e. The van der Waals surface area contributed by atoms with Crippen molar-refractivity contribution >= 4 is 28.1 Å². The van der Waals surface area contributed by atoms with Gasteiger partial charge in [0.05, 0.1) is 10.6 Å². The molecule has 0 bridgehead atoms. The standard InChI is InChI=1S/C17H14N4O3S/c1-11-2-4-12(5-3-11)15-10-25-17(18-15)20-19-16(22)13-6-8-14(9-7-13)21(23)24/h2-10H,1H3,(H,18,20)(H,19,22). The largest absolute Gasteiger partial charge is 0.273 e. The molecule has 1 amide bonds. The van der Waals surface area contributed by atoms with Crippen molar-refractivity contribution in [1.29, 1.82) is 0 Å². The number of hydrogen-bond acceptors (Lipinski definition) is 6. The average Bonchev–Trinajstić information content (AvgIpc) is 3.09. The van der Waals surface area contributed by atoms with Crippen LogP contribution in [-0.2, 0) is 0 Å². The van der Waals surface area contributed by atoms with Gasteiger partial charge in [-0.1, -0.05) is 29.8 Å². The second-order valence-corrected chi connectivity index (χ2v) is 6.15. The number of carbonyl (C=O) groups excluding carboxylic acids is 1. The summed E-state index contributed by atoms with van der Waals surface area (Å²) in [6.45, 7) is 2.02. The first-order valence-corrected chi connectivity index (χ1v) is 8.24. The first kappa shape index (κ1) is 16.6. The fourth-order valence-electron chi connectivity index (χ4n) is 2.10. The maximum Gasteiger partial charge on any atom is 0.269 e. The summed E-state index contributed by atoms with van der Waals surface area (Å²) >= 11 is 1.37. The number of non-ortho nitro benzene ring substituents is 1. The molecule has 25 heavy (non-hydrogen) atoms. The van der Waals surface area contributed by atoms with Crippen molar-refractivity contribution < 1.29 is 9.72 Å². The summed E-state index contributed by atoms with van der Waals surface area (Å²) in [7, 11) is 0. The maximum absolute atomic E-state index is 12.0. The number of nitrogens with one attached hydrogen (secondary N) is 2. The van der Waals surface area contributed by atoms with Crippen LogP contribution in [0.15, 0.2) is 53.9 Å². The minimum absolute atomic E-state index is 0.0628. The third-order valence-corrected chi connectivity index (χ3v) is 4.23. The predicted octanol–water partition coefficient (Wildman–Crippen LogP) is 3.78. The summed E-state index contributed by atoms with van der Waals surface area (Å²) in [4.78, 5) is 26.6. The Balaban J connectivity index is 1.62. The van der Waals surface area contributed by atoms with Gasteiger partial charge in [0.2, 0.25) is 5.13 Å². The molecule has 0 fully saturated rings. The van der Waals surface area contributed by atoms with Gasteiger partial charge in [-0.25, -0.2) is 4.98 Å². The third-order valence-electron chi connectivity index (χ3n) is 3.47. The molecule has 2 aromatic carbocycles. The lowest BCUT2D eigenvalue weighted by atomic mass is 10.1. The Morgan fingerprint density at radius 3 is 2.44 bits per heavy atom.